The number of hydrogen-bond acceptors (Lipinski definition) is 5. The van der Waals surface area contributed by atoms with Crippen LogP contribution in [0.2, 0.25) is 0 Å². The van der Waals surface area contributed by atoms with Crippen molar-refractivity contribution < 1.29 is 14.3 Å². The Morgan fingerprint density at radius 1 is 1.00 bits per heavy atom. The highest BCUT2D eigenvalue weighted by Gasteiger charge is 2.35. The van der Waals surface area contributed by atoms with Crippen LogP contribution in [0, 0.1) is 6.92 Å². The molecule has 3 heterocycles. The molecule has 184 valence electrons. The van der Waals surface area contributed by atoms with Gasteiger partial charge in [0, 0.05) is 56.3 Å². The van der Waals surface area contributed by atoms with E-state index in [2.05, 4.69) is 54.3 Å². The van der Waals surface area contributed by atoms with Gasteiger partial charge in [0.2, 0.25) is 11.8 Å². The average molecular weight is 492 g/mol. The van der Waals surface area contributed by atoms with Gasteiger partial charge in [0.15, 0.2) is 0 Å². The maximum Gasteiger partial charge on any atom is 0.247 e. The standard InChI is InChI=1S/C28H33N3O3S/c1-21-2-6-26(7-3-21)35-15-9-27(32)30-10-8-23-5-4-22(16-24(23)18-30)17-28(33)31-19-25(20-31)29-11-13-34-14-12-29/h2-7,9,15-16,25H,8,10-14,17-20H2,1H3/b15-9+. The van der Waals surface area contributed by atoms with E-state index in [9.17, 15) is 9.59 Å². The van der Waals surface area contributed by atoms with E-state index in [1.807, 2.05) is 15.2 Å². The summed E-state index contributed by atoms with van der Waals surface area (Å²) in [5.74, 6) is 0.223. The first-order chi connectivity index (χ1) is 17.0. The molecule has 0 spiro atoms. The Hall–Kier alpha value is -2.61. The zero-order valence-electron chi connectivity index (χ0n) is 20.3. The van der Waals surface area contributed by atoms with Gasteiger partial charge >= 0.3 is 0 Å². The van der Waals surface area contributed by atoms with E-state index in [1.165, 1.54) is 11.1 Å². The zero-order valence-corrected chi connectivity index (χ0v) is 21.1. The number of hydrogen-bond donors (Lipinski definition) is 0. The molecule has 0 aromatic heterocycles. The van der Waals surface area contributed by atoms with Crippen LogP contribution in [0.4, 0.5) is 0 Å². The van der Waals surface area contributed by atoms with Crippen LogP contribution in [0.25, 0.3) is 0 Å². The zero-order chi connectivity index (χ0) is 24.2. The number of nitrogens with zero attached hydrogens (tertiary/aromatic N) is 3. The summed E-state index contributed by atoms with van der Waals surface area (Å²) in [6.45, 7) is 8.53. The van der Waals surface area contributed by atoms with Crippen molar-refractivity contribution in [2.75, 3.05) is 45.9 Å². The van der Waals surface area contributed by atoms with Crippen LogP contribution in [0.3, 0.4) is 0 Å². The lowest BCUT2D eigenvalue weighted by atomic mass is 9.95. The van der Waals surface area contributed by atoms with E-state index in [4.69, 9.17) is 4.74 Å². The Labute approximate surface area is 211 Å². The molecule has 7 heteroatoms. The molecule has 2 amide bonds. The Balaban J connectivity index is 1.13. The lowest BCUT2D eigenvalue weighted by molar-refractivity contribution is -0.139. The Morgan fingerprint density at radius 2 is 1.77 bits per heavy atom. The molecule has 3 aliphatic rings. The molecule has 0 atom stereocenters. The minimum Gasteiger partial charge on any atom is -0.379 e. The number of benzene rings is 2. The molecule has 2 aromatic rings. The second-order valence-corrected chi connectivity index (χ2v) is 10.6. The number of amides is 2. The van der Waals surface area contributed by atoms with Crippen LogP contribution in [0.1, 0.15) is 22.3 Å². The third-order valence-corrected chi connectivity index (χ3v) is 7.98. The van der Waals surface area contributed by atoms with Crippen LogP contribution in [-0.2, 0) is 33.7 Å². The van der Waals surface area contributed by atoms with E-state index in [0.29, 0.717) is 19.0 Å². The number of carbonyl (C=O) groups excluding carboxylic acids is 2. The SMILES string of the molecule is Cc1ccc(S/C=C/C(=O)N2CCc3ccc(CC(=O)N4CC(N5CCOCC5)C4)cc3C2)cc1. The van der Waals surface area contributed by atoms with E-state index in [1.54, 1.807) is 17.8 Å². The fourth-order valence-electron chi connectivity index (χ4n) is 4.92. The second-order valence-electron chi connectivity index (χ2n) is 9.62. The van der Waals surface area contributed by atoms with Crippen molar-refractivity contribution >= 4 is 23.6 Å². The quantitative estimate of drug-likeness (QED) is 0.459. The van der Waals surface area contributed by atoms with E-state index < -0.39 is 0 Å². The summed E-state index contributed by atoms with van der Waals surface area (Å²) in [7, 11) is 0. The predicted octanol–water partition coefficient (Wildman–Crippen LogP) is 3.27. The van der Waals surface area contributed by atoms with Crippen molar-refractivity contribution in [2.45, 2.75) is 37.2 Å². The normalized spacial score (nSPS) is 19.0. The highest BCUT2D eigenvalue weighted by Crippen LogP contribution is 2.24. The number of fused-ring (bicyclic) bond motifs is 1. The van der Waals surface area contributed by atoms with E-state index >= 15 is 0 Å². The minimum atomic E-state index is 0.0338. The van der Waals surface area contributed by atoms with Crippen LogP contribution in [-0.4, -0.2) is 78.5 Å². The van der Waals surface area contributed by atoms with Gasteiger partial charge in [-0.1, -0.05) is 47.7 Å². The average Bonchev–Trinajstić information content (AvgIpc) is 2.84. The monoisotopic (exact) mass is 491 g/mol. The highest BCUT2D eigenvalue weighted by molar-refractivity contribution is 8.02. The fraction of sp³-hybridized carbons (Fsp3) is 0.429. The third-order valence-electron chi connectivity index (χ3n) is 7.16. The van der Waals surface area contributed by atoms with Crippen molar-refractivity contribution in [2.24, 2.45) is 0 Å². The maximum atomic E-state index is 12.8. The Kier molecular flexibility index (Phi) is 7.56. The van der Waals surface area contributed by atoms with Gasteiger partial charge in [-0.3, -0.25) is 14.5 Å². The summed E-state index contributed by atoms with van der Waals surface area (Å²) in [5.41, 5.74) is 4.69. The minimum absolute atomic E-state index is 0.0338. The first-order valence-electron chi connectivity index (χ1n) is 12.4. The summed E-state index contributed by atoms with van der Waals surface area (Å²) in [6, 6.07) is 15.1. The molecule has 2 aromatic carbocycles. The number of likely N-dealkylation sites (tertiary alicyclic amines) is 1. The second kappa shape index (κ2) is 11.0. The molecule has 3 aliphatic heterocycles. The van der Waals surface area contributed by atoms with Gasteiger partial charge in [-0.05, 0) is 47.6 Å². The lowest BCUT2D eigenvalue weighted by Gasteiger charge is -2.46. The van der Waals surface area contributed by atoms with Crippen LogP contribution in [0.15, 0.2) is 58.8 Å². The highest BCUT2D eigenvalue weighted by atomic mass is 32.2. The molecule has 2 fully saturated rings. The van der Waals surface area contributed by atoms with E-state index in [-0.39, 0.29) is 11.8 Å². The smallest absolute Gasteiger partial charge is 0.247 e. The molecule has 6 nitrogen and oxygen atoms in total. The number of morpholine rings is 1. The third kappa shape index (κ3) is 5.97. The summed E-state index contributed by atoms with van der Waals surface area (Å²) < 4.78 is 5.43. The predicted molar refractivity (Wildman–Crippen MR) is 138 cm³/mol. The summed E-state index contributed by atoms with van der Waals surface area (Å²) in [4.78, 5) is 33.0. The molecule has 0 N–H and O–H groups in total. The lowest BCUT2D eigenvalue weighted by Crippen LogP contribution is -2.63. The molecule has 0 unspecified atom stereocenters. The van der Waals surface area contributed by atoms with Gasteiger partial charge in [-0.25, -0.2) is 0 Å². The number of ether oxygens (including phenoxy) is 1. The molecule has 5 rings (SSSR count). The number of carbonyl (C=O) groups is 2. The largest absolute Gasteiger partial charge is 0.379 e. The Bertz CT molecular complexity index is 1090. The maximum absolute atomic E-state index is 12.8. The van der Waals surface area contributed by atoms with Crippen molar-refractivity contribution in [1.82, 2.24) is 14.7 Å². The van der Waals surface area contributed by atoms with Crippen molar-refractivity contribution in [1.29, 1.82) is 0 Å². The van der Waals surface area contributed by atoms with Gasteiger partial charge in [-0.15, -0.1) is 0 Å². The van der Waals surface area contributed by atoms with Crippen molar-refractivity contribution in [3.63, 3.8) is 0 Å². The molecule has 0 radical (unpaired) electrons. The topological polar surface area (TPSA) is 53.1 Å². The first-order valence-corrected chi connectivity index (χ1v) is 13.3. The summed E-state index contributed by atoms with van der Waals surface area (Å²) in [6.07, 6.45) is 2.93. The van der Waals surface area contributed by atoms with Gasteiger partial charge < -0.3 is 14.5 Å². The molecular formula is C28H33N3O3S. The summed E-state index contributed by atoms with van der Waals surface area (Å²) >= 11 is 1.56. The van der Waals surface area contributed by atoms with Crippen molar-refractivity contribution in [3.8, 4) is 0 Å². The molecular weight excluding hydrogens is 458 g/mol. The van der Waals surface area contributed by atoms with E-state index in [0.717, 1.165) is 68.4 Å². The number of rotatable bonds is 6. The van der Waals surface area contributed by atoms with Crippen molar-refractivity contribution in [3.05, 3.63) is 76.2 Å². The molecule has 0 saturated carbocycles. The van der Waals surface area contributed by atoms with Crippen LogP contribution >= 0.6 is 11.8 Å². The van der Waals surface area contributed by atoms with Gasteiger partial charge in [0.05, 0.1) is 19.6 Å². The van der Waals surface area contributed by atoms with Gasteiger partial charge in [0.25, 0.3) is 0 Å². The summed E-state index contributed by atoms with van der Waals surface area (Å²) in [5, 5.41) is 1.87. The molecule has 35 heavy (non-hydrogen) atoms. The van der Waals surface area contributed by atoms with Gasteiger partial charge in [-0.2, -0.15) is 0 Å². The molecule has 0 aliphatic carbocycles. The van der Waals surface area contributed by atoms with Crippen LogP contribution in [0.5, 0.6) is 0 Å². The van der Waals surface area contributed by atoms with Gasteiger partial charge in [0.1, 0.15) is 0 Å². The number of thioether (sulfide) groups is 1. The molecule has 2 saturated heterocycles. The molecule has 0 bridgehead atoms. The van der Waals surface area contributed by atoms with Crippen LogP contribution < -0.4 is 0 Å². The number of aryl methyl sites for hydroxylation is 1. The fourth-order valence-corrected chi connectivity index (χ4v) is 5.56. The Morgan fingerprint density at radius 3 is 2.54 bits per heavy atom. The first kappa shape index (κ1) is 24.1.